The maximum absolute atomic E-state index is 13.0. The minimum Gasteiger partial charge on any atom is -0.319 e. The Morgan fingerprint density at radius 2 is 1.72 bits per heavy atom. The zero-order valence-corrected chi connectivity index (χ0v) is 19.4. The number of hydrogen-bond acceptors (Lipinski definition) is 3. The van der Waals surface area contributed by atoms with Crippen LogP contribution in [0.3, 0.4) is 0 Å². The summed E-state index contributed by atoms with van der Waals surface area (Å²) in [4.78, 5) is 13.0. The van der Waals surface area contributed by atoms with Crippen LogP contribution in [0.4, 0.5) is 5.69 Å². The molecule has 2 heterocycles. The molecule has 0 unspecified atom stereocenters. The minimum atomic E-state index is -0.163. The number of nitrogens with zero attached hydrogens (tertiary/aromatic N) is 4. The van der Waals surface area contributed by atoms with Gasteiger partial charge in [-0.15, -0.1) is 0 Å². The molecule has 6 nitrogen and oxygen atoms in total. The molecule has 0 bridgehead atoms. The lowest BCUT2D eigenvalue weighted by Crippen LogP contribution is -2.14. The van der Waals surface area contributed by atoms with Crippen LogP contribution in [-0.2, 0) is 13.1 Å². The molecule has 32 heavy (non-hydrogen) atoms. The first-order valence-corrected chi connectivity index (χ1v) is 10.9. The summed E-state index contributed by atoms with van der Waals surface area (Å²) >= 11 is 6.30. The summed E-state index contributed by atoms with van der Waals surface area (Å²) in [6, 6.07) is 17.4. The van der Waals surface area contributed by atoms with E-state index in [4.69, 9.17) is 11.6 Å². The normalized spacial score (nSPS) is 11.0. The third kappa shape index (κ3) is 4.60. The third-order valence-corrected chi connectivity index (χ3v) is 5.89. The first-order chi connectivity index (χ1) is 15.3. The highest BCUT2D eigenvalue weighted by Gasteiger charge is 2.16. The average Bonchev–Trinajstić information content (AvgIpc) is 3.21. The van der Waals surface area contributed by atoms with Crippen molar-refractivity contribution in [1.82, 2.24) is 19.6 Å². The van der Waals surface area contributed by atoms with Gasteiger partial charge in [-0.1, -0.05) is 41.9 Å². The minimum absolute atomic E-state index is 0.163. The monoisotopic (exact) mass is 447 g/mol. The molecule has 1 amide bonds. The number of benzene rings is 2. The van der Waals surface area contributed by atoms with E-state index in [1.807, 2.05) is 91.7 Å². The van der Waals surface area contributed by atoms with E-state index in [0.29, 0.717) is 23.7 Å². The van der Waals surface area contributed by atoms with Crippen molar-refractivity contribution < 1.29 is 4.79 Å². The summed E-state index contributed by atoms with van der Waals surface area (Å²) in [5, 5.41) is 12.9. The Morgan fingerprint density at radius 1 is 0.938 bits per heavy atom. The molecule has 0 aliphatic heterocycles. The summed E-state index contributed by atoms with van der Waals surface area (Å²) in [6.07, 6.45) is 0. The summed E-state index contributed by atoms with van der Waals surface area (Å²) in [5.41, 5.74) is 7.05. The summed E-state index contributed by atoms with van der Waals surface area (Å²) in [6.45, 7) is 9.01. The predicted octanol–water partition coefficient (Wildman–Crippen LogP) is 5.32. The molecule has 164 valence electrons. The number of rotatable bonds is 6. The number of nitrogens with one attached hydrogen (secondary N) is 1. The molecule has 0 radical (unpaired) electrons. The Balaban J connectivity index is 1.52. The van der Waals surface area contributed by atoms with Gasteiger partial charge in [-0.25, -0.2) is 0 Å². The summed E-state index contributed by atoms with van der Waals surface area (Å²) in [5.74, 6) is -0.163. The third-order valence-electron chi connectivity index (χ3n) is 5.52. The van der Waals surface area contributed by atoms with Crippen molar-refractivity contribution in [1.29, 1.82) is 0 Å². The van der Waals surface area contributed by atoms with Crippen molar-refractivity contribution >= 4 is 23.2 Å². The van der Waals surface area contributed by atoms with Crippen molar-refractivity contribution in [2.75, 3.05) is 5.32 Å². The van der Waals surface area contributed by atoms with Gasteiger partial charge in [0.1, 0.15) is 0 Å². The van der Waals surface area contributed by atoms with Gasteiger partial charge < -0.3 is 5.32 Å². The lowest BCUT2D eigenvalue weighted by molar-refractivity contribution is 0.102. The van der Waals surface area contributed by atoms with Crippen molar-refractivity contribution in [3.05, 3.63) is 99.1 Å². The van der Waals surface area contributed by atoms with E-state index in [0.717, 1.165) is 39.6 Å². The van der Waals surface area contributed by atoms with Crippen molar-refractivity contribution in [3.63, 3.8) is 0 Å². The molecule has 0 aliphatic carbocycles. The number of aromatic nitrogens is 4. The van der Waals surface area contributed by atoms with Crippen LogP contribution in [0.1, 0.15) is 44.3 Å². The van der Waals surface area contributed by atoms with E-state index in [9.17, 15) is 4.79 Å². The van der Waals surface area contributed by atoms with E-state index < -0.39 is 0 Å². The Morgan fingerprint density at radius 3 is 2.44 bits per heavy atom. The fourth-order valence-electron chi connectivity index (χ4n) is 3.82. The van der Waals surface area contributed by atoms with Crippen molar-refractivity contribution in [3.8, 4) is 0 Å². The zero-order chi connectivity index (χ0) is 22.8. The van der Waals surface area contributed by atoms with Crippen LogP contribution in [0.15, 0.2) is 54.6 Å². The van der Waals surface area contributed by atoms with Crippen molar-refractivity contribution in [2.45, 2.75) is 40.8 Å². The van der Waals surface area contributed by atoms with Gasteiger partial charge in [0.25, 0.3) is 5.91 Å². The molecule has 4 aromatic rings. The Kier molecular flexibility index (Phi) is 6.15. The predicted molar refractivity (Wildman–Crippen MR) is 127 cm³/mol. The second-order valence-corrected chi connectivity index (χ2v) is 8.44. The average molecular weight is 448 g/mol. The number of amides is 1. The molecule has 0 spiro atoms. The van der Waals surface area contributed by atoms with Gasteiger partial charge in [-0.2, -0.15) is 10.2 Å². The molecule has 7 heteroatoms. The maximum atomic E-state index is 13.0. The maximum Gasteiger partial charge on any atom is 0.255 e. The van der Waals surface area contributed by atoms with Gasteiger partial charge in [-0.05, 0) is 63.1 Å². The van der Waals surface area contributed by atoms with Crippen LogP contribution >= 0.6 is 11.6 Å². The Labute approximate surface area is 192 Å². The number of aryl methyl sites for hydroxylation is 3. The van der Waals surface area contributed by atoms with Crippen LogP contribution in [0.2, 0.25) is 5.02 Å². The van der Waals surface area contributed by atoms with Gasteiger partial charge in [0, 0.05) is 16.3 Å². The first kappa shape index (κ1) is 21.8. The molecule has 2 aromatic heterocycles. The fourth-order valence-corrected chi connectivity index (χ4v) is 4.02. The van der Waals surface area contributed by atoms with Gasteiger partial charge in [0.2, 0.25) is 0 Å². The van der Waals surface area contributed by atoms with Gasteiger partial charge >= 0.3 is 0 Å². The molecule has 0 saturated heterocycles. The standard InChI is InChI=1S/C25H26ClN5O/c1-16-12-17(2)30(28-16)14-20-8-7-10-21(13-20)25(32)27-24-18(3)29-31(19(24)4)15-22-9-5-6-11-23(22)26/h5-13H,14-15H2,1-4H3,(H,27,32). The quantitative estimate of drug-likeness (QED) is 0.435. The van der Waals surface area contributed by atoms with Crippen LogP contribution < -0.4 is 5.32 Å². The molecule has 2 aromatic carbocycles. The van der Waals surface area contributed by atoms with Crippen molar-refractivity contribution in [2.24, 2.45) is 0 Å². The van der Waals surface area contributed by atoms with Crippen LogP contribution in [0.5, 0.6) is 0 Å². The highest BCUT2D eigenvalue weighted by atomic mass is 35.5. The van der Waals surface area contributed by atoms with E-state index in [1.54, 1.807) is 0 Å². The van der Waals surface area contributed by atoms with E-state index in [2.05, 4.69) is 15.5 Å². The Bertz CT molecular complexity index is 1290. The number of hydrogen-bond donors (Lipinski definition) is 1. The molecule has 0 aliphatic rings. The lowest BCUT2D eigenvalue weighted by Gasteiger charge is -2.10. The molecular formula is C25H26ClN5O. The van der Waals surface area contributed by atoms with Crippen LogP contribution in [0.25, 0.3) is 0 Å². The lowest BCUT2D eigenvalue weighted by atomic mass is 10.1. The van der Waals surface area contributed by atoms with Gasteiger partial charge in [0.15, 0.2) is 0 Å². The molecule has 1 N–H and O–H groups in total. The van der Waals surface area contributed by atoms with E-state index in [-0.39, 0.29) is 5.91 Å². The van der Waals surface area contributed by atoms with E-state index in [1.165, 1.54) is 0 Å². The molecule has 4 rings (SSSR count). The second kappa shape index (κ2) is 9.01. The van der Waals surface area contributed by atoms with Crippen LogP contribution in [-0.4, -0.2) is 25.5 Å². The number of halogens is 1. The van der Waals surface area contributed by atoms with Gasteiger partial charge in [-0.3, -0.25) is 14.2 Å². The largest absolute Gasteiger partial charge is 0.319 e. The smallest absolute Gasteiger partial charge is 0.255 e. The number of anilines is 1. The molecule has 0 saturated carbocycles. The SMILES string of the molecule is Cc1cc(C)n(Cc2cccc(C(=O)Nc3c(C)nn(Cc4ccccc4Cl)c3C)c2)n1. The zero-order valence-electron chi connectivity index (χ0n) is 18.7. The molecular weight excluding hydrogens is 422 g/mol. The Hall–Kier alpha value is -3.38. The highest BCUT2D eigenvalue weighted by molar-refractivity contribution is 6.31. The summed E-state index contributed by atoms with van der Waals surface area (Å²) in [7, 11) is 0. The number of carbonyl (C=O) groups excluding carboxylic acids is 1. The fraction of sp³-hybridized carbons (Fsp3) is 0.240. The summed E-state index contributed by atoms with van der Waals surface area (Å²) < 4.78 is 3.81. The highest BCUT2D eigenvalue weighted by Crippen LogP contribution is 2.23. The topological polar surface area (TPSA) is 64.7 Å². The molecule has 0 atom stereocenters. The first-order valence-electron chi connectivity index (χ1n) is 10.5. The van der Waals surface area contributed by atoms with Crippen LogP contribution in [0, 0.1) is 27.7 Å². The second-order valence-electron chi connectivity index (χ2n) is 8.03. The van der Waals surface area contributed by atoms with Gasteiger partial charge in [0.05, 0.1) is 35.9 Å². The molecule has 0 fully saturated rings. The van der Waals surface area contributed by atoms with E-state index >= 15 is 0 Å². The number of carbonyl (C=O) groups is 1.